The highest BCUT2D eigenvalue weighted by atomic mass is 32.1. The number of thiocarbonyl (C=S) groups is 1. The van der Waals surface area contributed by atoms with Crippen LogP contribution in [0.15, 0.2) is 79.1 Å². The van der Waals surface area contributed by atoms with Gasteiger partial charge in [-0.3, -0.25) is 9.78 Å². The van der Waals surface area contributed by atoms with E-state index in [0.29, 0.717) is 18.1 Å². The summed E-state index contributed by atoms with van der Waals surface area (Å²) in [5.74, 6) is 0.821. The Balaban J connectivity index is 1.45. The highest BCUT2D eigenvalue weighted by Crippen LogP contribution is 2.41. The number of aromatic nitrogens is 3. The largest absolute Gasteiger partial charge is 0.352 e. The standard InChI is InChI=1S/C29H30N6OS/c1-19-10-12-22(13-11-19)32-26(36)14-17-34-28(27(33-29(34)37)24-8-4-6-15-30-24)23-18-20(2)35(21(23)3)25-9-5-7-16-31-25/h4-13,15-16,18,27-28H,14,17H2,1-3H3,(H,32,36)(H,33,37)/t27-,28-/m1/s1. The second-order valence-electron chi connectivity index (χ2n) is 9.33. The molecule has 0 aliphatic carbocycles. The van der Waals surface area contributed by atoms with Gasteiger partial charge in [0.1, 0.15) is 5.82 Å². The predicted molar refractivity (Wildman–Crippen MR) is 150 cm³/mol. The zero-order valence-electron chi connectivity index (χ0n) is 21.2. The van der Waals surface area contributed by atoms with Crippen LogP contribution in [0.2, 0.25) is 0 Å². The fourth-order valence-corrected chi connectivity index (χ4v) is 5.32. The first-order chi connectivity index (χ1) is 17.9. The Labute approximate surface area is 222 Å². The summed E-state index contributed by atoms with van der Waals surface area (Å²) in [7, 11) is 0. The lowest BCUT2D eigenvalue weighted by Crippen LogP contribution is -2.32. The number of nitrogens with one attached hydrogen (secondary N) is 2. The molecule has 1 aromatic carbocycles. The van der Waals surface area contributed by atoms with Crippen molar-refractivity contribution in [2.45, 2.75) is 39.3 Å². The molecule has 188 valence electrons. The molecule has 0 bridgehead atoms. The SMILES string of the molecule is Cc1ccc(NC(=O)CCN2C(=S)N[C@H](c3ccccn3)[C@H]2c2cc(C)n(-c3ccccn3)c2C)cc1. The lowest BCUT2D eigenvalue weighted by Gasteiger charge is -2.28. The third-order valence-electron chi connectivity index (χ3n) is 6.78. The Hall–Kier alpha value is -4.04. The molecule has 5 rings (SSSR count). The number of aryl methyl sites for hydroxylation is 2. The van der Waals surface area contributed by atoms with E-state index < -0.39 is 0 Å². The van der Waals surface area contributed by atoms with Crippen molar-refractivity contribution in [3.8, 4) is 5.82 Å². The van der Waals surface area contributed by atoms with E-state index >= 15 is 0 Å². The molecule has 1 aliphatic heterocycles. The molecular weight excluding hydrogens is 480 g/mol. The smallest absolute Gasteiger partial charge is 0.226 e. The quantitative estimate of drug-likeness (QED) is 0.333. The van der Waals surface area contributed by atoms with E-state index in [1.165, 1.54) is 0 Å². The first kappa shape index (κ1) is 24.6. The van der Waals surface area contributed by atoms with Gasteiger partial charge in [0, 0.05) is 42.4 Å². The van der Waals surface area contributed by atoms with Gasteiger partial charge in [0.05, 0.1) is 17.8 Å². The van der Waals surface area contributed by atoms with Crippen LogP contribution in [-0.2, 0) is 4.79 Å². The maximum atomic E-state index is 12.8. The lowest BCUT2D eigenvalue weighted by atomic mass is 9.96. The van der Waals surface area contributed by atoms with Crippen molar-refractivity contribution in [3.63, 3.8) is 0 Å². The summed E-state index contributed by atoms with van der Waals surface area (Å²) in [5.41, 5.74) is 6.15. The van der Waals surface area contributed by atoms with Gasteiger partial charge in [-0.1, -0.05) is 29.8 Å². The summed E-state index contributed by atoms with van der Waals surface area (Å²) in [6.45, 7) is 6.69. The monoisotopic (exact) mass is 510 g/mol. The number of nitrogens with zero attached hydrogens (tertiary/aromatic N) is 4. The third kappa shape index (κ3) is 5.11. The number of amides is 1. The van der Waals surface area contributed by atoms with Crippen LogP contribution in [0, 0.1) is 20.8 Å². The number of carbonyl (C=O) groups excluding carboxylic acids is 1. The molecule has 0 radical (unpaired) electrons. The molecule has 1 fully saturated rings. The summed E-state index contributed by atoms with van der Waals surface area (Å²) in [4.78, 5) is 24.2. The summed E-state index contributed by atoms with van der Waals surface area (Å²) in [6, 6.07) is 21.5. The molecule has 3 aromatic heterocycles. The van der Waals surface area contributed by atoms with Gasteiger partial charge in [-0.15, -0.1) is 0 Å². The van der Waals surface area contributed by atoms with Gasteiger partial charge < -0.3 is 20.1 Å². The van der Waals surface area contributed by atoms with Crippen molar-refractivity contribution >= 4 is 28.9 Å². The summed E-state index contributed by atoms with van der Waals surface area (Å²) in [6.07, 6.45) is 3.90. The number of carbonyl (C=O) groups is 1. The van der Waals surface area contributed by atoms with E-state index in [4.69, 9.17) is 12.2 Å². The second kappa shape index (κ2) is 10.5. The fraction of sp³-hybridized carbons (Fsp3) is 0.241. The van der Waals surface area contributed by atoms with E-state index in [9.17, 15) is 4.79 Å². The van der Waals surface area contributed by atoms with Crippen molar-refractivity contribution in [1.82, 2.24) is 24.8 Å². The van der Waals surface area contributed by atoms with Gasteiger partial charge in [-0.25, -0.2) is 4.98 Å². The Morgan fingerprint density at radius 3 is 2.41 bits per heavy atom. The number of benzene rings is 1. The minimum absolute atomic E-state index is 0.0503. The molecular formula is C29H30N6OS. The third-order valence-corrected chi connectivity index (χ3v) is 7.13. The van der Waals surface area contributed by atoms with Gasteiger partial charge in [-0.05, 0) is 81.0 Å². The number of rotatable bonds is 7. The molecule has 7 nitrogen and oxygen atoms in total. The molecule has 0 spiro atoms. The van der Waals surface area contributed by atoms with Crippen LogP contribution in [0.25, 0.3) is 5.82 Å². The van der Waals surface area contributed by atoms with Crippen molar-refractivity contribution in [1.29, 1.82) is 0 Å². The Kier molecular flexibility index (Phi) is 7.01. The Morgan fingerprint density at radius 1 is 1.00 bits per heavy atom. The second-order valence-corrected chi connectivity index (χ2v) is 9.72. The van der Waals surface area contributed by atoms with Gasteiger partial charge in [0.25, 0.3) is 0 Å². The zero-order chi connectivity index (χ0) is 25.9. The maximum absolute atomic E-state index is 12.8. The van der Waals surface area contributed by atoms with Crippen LogP contribution in [0.1, 0.15) is 46.7 Å². The highest BCUT2D eigenvalue weighted by molar-refractivity contribution is 7.80. The maximum Gasteiger partial charge on any atom is 0.226 e. The van der Waals surface area contributed by atoms with E-state index in [0.717, 1.165) is 39.7 Å². The molecule has 1 saturated heterocycles. The molecule has 2 N–H and O–H groups in total. The highest BCUT2D eigenvalue weighted by Gasteiger charge is 2.41. The normalized spacial score (nSPS) is 17.1. The molecule has 0 saturated carbocycles. The van der Waals surface area contributed by atoms with E-state index in [2.05, 4.69) is 50.0 Å². The van der Waals surface area contributed by atoms with Crippen LogP contribution in [0.4, 0.5) is 5.69 Å². The molecule has 2 atom stereocenters. The lowest BCUT2D eigenvalue weighted by molar-refractivity contribution is -0.116. The Morgan fingerprint density at radius 2 is 1.73 bits per heavy atom. The molecule has 4 aromatic rings. The predicted octanol–water partition coefficient (Wildman–Crippen LogP) is 5.19. The molecule has 8 heteroatoms. The topological polar surface area (TPSA) is 75.1 Å². The number of hydrogen-bond acceptors (Lipinski definition) is 4. The molecule has 4 heterocycles. The van der Waals surface area contributed by atoms with Crippen molar-refractivity contribution in [2.24, 2.45) is 0 Å². The van der Waals surface area contributed by atoms with Gasteiger partial charge in [-0.2, -0.15) is 0 Å². The fourth-order valence-electron chi connectivity index (χ4n) is 4.99. The first-order valence-corrected chi connectivity index (χ1v) is 12.8. The minimum atomic E-state index is -0.147. The van der Waals surface area contributed by atoms with Crippen LogP contribution in [0.5, 0.6) is 0 Å². The summed E-state index contributed by atoms with van der Waals surface area (Å²) in [5, 5.41) is 7.10. The molecule has 0 unspecified atom stereocenters. The van der Waals surface area contributed by atoms with Gasteiger partial charge in [0.2, 0.25) is 5.91 Å². The molecule has 37 heavy (non-hydrogen) atoms. The van der Waals surface area contributed by atoms with E-state index in [-0.39, 0.29) is 18.0 Å². The van der Waals surface area contributed by atoms with Crippen molar-refractivity contribution < 1.29 is 4.79 Å². The number of pyridine rings is 2. The van der Waals surface area contributed by atoms with Crippen LogP contribution < -0.4 is 10.6 Å². The average Bonchev–Trinajstić information content (AvgIpc) is 3.39. The van der Waals surface area contributed by atoms with Crippen molar-refractivity contribution in [3.05, 3.63) is 107 Å². The zero-order valence-corrected chi connectivity index (χ0v) is 22.0. The van der Waals surface area contributed by atoms with Gasteiger partial charge >= 0.3 is 0 Å². The minimum Gasteiger partial charge on any atom is -0.352 e. The van der Waals surface area contributed by atoms with Gasteiger partial charge in [0.15, 0.2) is 5.11 Å². The van der Waals surface area contributed by atoms with E-state index in [1.54, 1.807) is 12.4 Å². The average molecular weight is 511 g/mol. The van der Waals surface area contributed by atoms with E-state index in [1.807, 2.05) is 67.6 Å². The number of hydrogen-bond donors (Lipinski definition) is 2. The van der Waals surface area contributed by atoms with Crippen molar-refractivity contribution in [2.75, 3.05) is 11.9 Å². The summed E-state index contributed by atoms with van der Waals surface area (Å²) < 4.78 is 2.16. The number of anilines is 1. The summed E-state index contributed by atoms with van der Waals surface area (Å²) >= 11 is 5.80. The van der Waals surface area contributed by atoms with Crippen LogP contribution >= 0.6 is 12.2 Å². The van der Waals surface area contributed by atoms with Crippen LogP contribution in [0.3, 0.4) is 0 Å². The first-order valence-electron chi connectivity index (χ1n) is 12.4. The molecule has 1 amide bonds. The van der Waals surface area contributed by atoms with Crippen LogP contribution in [-0.4, -0.2) is 37.0 Å². The Bertz CT molecular complexity index is 1400. The molecule has 1 aliphatic rings.